The second kappa shape index (κ2) is 5.13. The highest BCUT2D eigenvalue weighted by Gasteiger charge is 2.25. The zero-order valence-electron chi connectivity index (χ0n) is 9.13. The van der Waals surface area contributed by atoms with Crippen molar-refractivity contribution >= 4 is 21.7 Å². The number of carboxylic acids is 1. The Bertz CT molecular complexity index is 515. The van der Waals surface area contributed by atoms with E-state index in [0.29, 0.717) is 0 Å². The molecule has 0 aliphatic carbocycles. The molecule has 0 fully saturated rings. The van der Waals surface area contributed by atoms with Crippen molar-refractivity contribution in [3.8, 4) is 0 Å². The number of sulfonamides is 1. The normalized spacial score (nSPS) is 11.2. The fourth-order valence-electron chi connectivity index (χ4n) is 1.40. The largest absolute Gasteiger partial charge is 0.480 e. The predicted molar refractivity (Wildman–Crippen MR) is 60.8 cm³/mol. The molecule has 0 aliphatic heterocycles. The Morgan fingerprint density at radius 3 is 2.47 bits per heavy atom. The highest BCUT2D eigenvalue weighted by atomic mass is 32.2. The zero-order chi connectivity index (χ0) is 13.1. The van der Waals surface area contributed by atoms with Gasteiger partial charge < -0.3 is 5.11 Å². The number of hydrogen-bond donors (Lipinski definition) is 1. The SMILES string of the molecule is CCN(c1ccccc1F)S(=O)(=O)CC(=O)O. The number of aliphatic carboxylic acids is 1. The van der Waals surface area contributed by atoms with Gasteiger partial charge in [-0.3, -0.25) is 9.10 Å². The third-order valence-corrected chi connectivity index (χ3v) is 3.79. The molecule has 0 aromatic heterocycles. The maximum atomic E-state index is 13.4. The van der Waals surface area contributed by atoms with Crippen LogP contribution < -0.4 is 4.31 Å². The molecule has 0 bridgehead atoms. The Kier molecular flexibility index (Phi) is 4.06. The molecular formula is C10H12FNO4S. The van der Waals surface area contributed by atoms with E-state index in [0.717, 1.165) is 10.4 Å². The maximum absolute atomic E-state index is 13.4. The molecule has 7 heteroatoms. The van der Waals surface area contributed by atoms with Gasteiger partial charge in [-0.1, -0.05) is 12.1 Å². The van der Waals surface area contributed by atoms with E-state index in [9.17, 15) is 17.6 Å². The van der Waals surface area contributed by atoms with Crippen LogP contribution in [-0.4, -0.2) is 31.8 Å². The monoisotopic (exact) mass is 261 g/mol. The quantitative estimate of drug-likeness (QED) is 0.860. The van der Waals surface area contributed by atoms with E-state index in [2.05, 4.69) is 0 Å². The summed E-state index contributed by atoms with van der Waals surface area (Å²) in [6.45, 7) is 1.47. The Morgan fingerprint density at radius 2 is 2.00 bits per heavy atom. The van der Waals surface area contributed by atoms with Crippen molar-refractivity contribution in [1.29, 1.82) is 0 Å². The Morgan fingerprint density at radius 1 is 1.41 bits per heavy atom. The molecular weight excluding hydrogens is 249 g/mol. The average molecular weight is 261 g/mol. The van der Waals surface area contributed by atoms with E-state index in [1.165, 1.54) is 25.1 Å². The van der Waals surface area contributed by atoms with Gasteiger partial charge in [0.25, 0.3) is 0 Å². The minimum absolute atomic E-state index is 0.0312. The van der Waals surface area contributed by atoms with Crippen molar-refractivity contribution in [2.24, 2.45) is 0 Å². The van der Waals surface area contributed by atoms with Gasteiger partial charge in [-0.2, -0.15) is 0 Å². The molecule has 0 unspecified atom stereocenters. The molecule has 0 aliphatic rings. The van der Waals surface area contributed by atoms with Crippen LogP contribution in [0.5, 0.6) is 0 Å². The Hall–Kier alpha value is -1.63. The first-order valence-corrected chi connectivity index (χ1v) is 6.46. The lowest BCUT2D eigenvalue weighted by Crippen LogP contribution is -2.35. The molecule has 0 atom stereocenters. The number of rotatable bonds is 5. The van der Waals surface area contributed by atoms with Crippen LogP contribution in [0.3, 0.4) is 0 Å². The Balaban J connectivity index is 3.17. The van der Waals surface area contributed by atoms with Gasteiger partial charge in [0.1, 0.15) is 5.82 Å². The predicted octanol–water partition coefficient (Wildman–Crippen LogP) is 1.07. The van der Waals surface area contributed by atoms with Crippen LogP contribution in [-0.2, 0) is 14.8 Å². The van der Waals surface area contributed by atoms with E-state index >= 15 is 0 Å². The minimum Gasteiger partial charge on any atom is -0.480 e. The van der Waals surface area contributed by atoms with Gasteiger partial charge in [0.2, 0.25) is 10.0 Å². The van der Waals surface area contributed by atoms with Gasteiger partial charge in [0, 0.05) is 6.54 Å². The maximum Gasteiger partial charge on any atom is 0.320 e. The van der Waals surface area contributed by atoms with E-state index in [1.807, 2.05) is 0 Å². The molecule has 1 rings (SSSR count). The summed E-state index contributed by atoms with van der Waals surface area (Å²) < 4.78 is 37.6. The van der Waals surface area contributed by atoms with Crippen molar-refractivity contribution in [1.82, 2.24) is 0 Å². The zero-order valence-corrected chi connectivity index (χ0v) is 9.95. The van der Waals surface area contributed by atoms with Crippen LogP contribution >= 0.6 is 0 Å². The van der Waals surface area contributed by atoms with Crippen molar-refractivity contribution in [2.45, 2.75) is 6.92 Å². The van der Waals surface area contributed by atoms with E-state index < -0.39 is 27.6 Å². The smallest absolute Gasteiger partial charge is 0.320 e. The number of hydrogen-bond acceptors (Lipinski definition) is 3. The van der Waals surface area contributed by atoms with E-state index in [4.69, 9.17) is 5.11 Å². The number of carbonyl (C=O) groups is 1. The molecule has 1 N–H and O–H groups in total. The highest BCUT2D eigenvalue weighted by molar-refractivity contribution is 7.93. The molecule has 5 nitrogen and oxygen atoms in total. The fraction of sp³-hybridized carbons (Fsp3) is 0.300. The van der Waals surface area contributed by atoms with Crippen molar-refractivity contribution in [3.05, 3.63) is 30.1 Å². The van der Waals surface area contributed by atoms with Gasteiger partial charge in [-0.25, -0.2) is 12.8 Å². The molecule has 0 spiro atoms. The van der Waals surface area contributed by atoms with Gasteiger partial charge >= 0.3 is 5.97 Å². The van der Waals surface area contributed by atoms with Crippen LogP contribution in [0.25, 0.3) is 0 Å². The van der Waals surface area contributed by atoms with Crippen molar-refractivity contribution in [3.63, 3.8) is 0 Å². The molecule has 0 saturated heterocycles. The standard InChI is InChI=1S/C10H12FNO4S/c1-2-12(17(15,16)7-10(13)14)9-6-4-3-5-8(9)11/h3-6H,2,7H2,1H3,(H,13,14). The lowest BCUT2D eigenvalue weighted by molar-refractivity contribution is -0.134. The summed E-state index contributed by atoms with van der Waals surface area (Å²) in [4.78, 5) is 10.5. The first-order valence-electron chi connectivity index (χ1n) is 4.85. The Labute approximate surface area is 98.5 Å². The molecule has 0 radical (unpaired) electrons. The number of para-hydroxylation sites is 1. The second-order valence-electron chi connectivity index (χ2n) is 3.27. The molecule has 94 valence electrons. The number of benzene rings is 1. The van der Waals surface area contributed by atoms with E-state index in [-0.39, 0.29) is 12.2 Å². The number of nitrogens with zero attached hydrogens (tertiary/aromatic N) is 1. The molecule has 0 amide bonds. The van der Waals surface area contributed by atoms with Gasteiger partial charge in [0.15, 0.2) is 5.75 Å². The molecule has 17 heavy (non-hydrogen) atoms. The fourth-order valence-corrected chi connectivity index (χ4v) is 2.71. The average Bonchev–Trinajstić information content (AvgIpc) is 2.19. The molecule has 1 aromatic carbocycles. The molecule has 1 aromatic rings. The number of carboxylic acid groups (broad SMARTS) is 1. The van der Waals surface area contributed by atoms with E-state index in [1.54, 1.807) is 0 Å². The summed E-state index contributed by atoms with van der Waals surface area (Å²) >= 11 is 0. The number of halogens is 1. The van der Waals surface area contributed by atoms with Gasteiger partial charge in [-0.15, -0.1) is 0 Å². The van der Waals surface area contributed by atoms with Crippen LogP contribution in [0.4, 0.5) is 10.1 Å². The highest BCUT2D eigenvalue weighted by Crippen LogP contribution is 2.21. The van der Waals surface area contributed by atoms with Gasteiger partial charge in [-0.05, 0) is 19.1 Å². The van der Waals surface area contributed by atoms with Crippen LogP contribution in [0, 0.1) is 5.82 Å². The first kappa shape index (κ1) is 13.4. The van der Waals surface area contributed by atoms with Gasteiger partial charge in [0.05, 0.1) is 5.69 Å². The third kappa shape index (κ3) is 3.16. The topological polar surface area (TPSA) is 74.7 Å². The lowest BCUT2D eigenvalue weighted by Gasteiger charge is -2.22. The second-order valence-corrected chi connectivity index (χ2v) is 5.16. The summed E-state index contributed by atoms with van der Waals surface area (Å²) in [6, 6.07) is 5.32. The van der Waals surface area contributed by atoms with Crippen molar-refractivity contribution < 1.29 is 22.7 Å². The number of anilines is 1. The third-order valence-electron chi connectivity index (χ3n) is 2.05. The molecule has 0 saturated carbocycles. The van der Waals surface area contributed by atoms with Crippen LogP contribution in [0.1, 0.15) is 6.92 Å². The lowest BCUT2D eigenvalue weighted by atomic mass is 10.3. The summed E-state index contributed by atoms with van der Waals surface area (Å²) in [7, 11) is -4.05. The summed E-state index contributed by atoms with van der Waals surface area (Å²) in [6.07, 6.45) is 0. The molecule has 0 heterocycles. The summed E-state index contributed by atoms with van der Waals surface area (Å²) in [5, 5.41) is 8.51. The minimum atomic E-state index is -4.05. The van der Waals surface area contributed by atoms with Crippen LogP contribution in [0.2, 0.25) is 0 Å². The van der Waals surface area contributed by atoms with Crippen molar-refractivity contribution in [2.75, 3.05) is 16.6 Å². The summed E-state index contributed by atoms with van der Waals surface area (Å²) in [5.41, 5.74) is -0.142. The van der Waals surface area contributed by atoms with Crippen LogP contribution in [0.15, 0.2) is 24.3 Å². The summed E-state index contributed by atoms with van der Waals surface area (Å²) in [5.74, 6) is -3.24. The first-order chi connectivity index (χ1) is 7.88.